The fraction of sp³-hybridized carbons (Fsp3) is 0.438. The molecule has 1 aromatic carbocycles. The van der Waals surface area contributed by atoms with E-state index in [0.29, 0.717) is 19.1 Å². The third-order valence-electron chi connectivity index (χ3n) is 4.31. The van der Waals surface area contributed by atoms with Gasteiger partial charge in [0.1, 0.15) is 30.5 Å². The molecule has 0 amide bonds. The summed E-state index contributed by atoms with van der Waals surface area (Å²) in [6, 6.07) is 5.91. The van der Waals surface area contributed by atoms with Crippen molar-refractivity contribution in [3.8, 4) is 22.8 Å². The maximum atomic E-state index is 6.32. The topological polar surface area (TPSA) is 62.3 Å². The van der Waals surface area contributed by atoms with Crippen LogP contribution >= 0.6 is 0 Å². The molecule has 2 N–H and O–H groups in total. The lowest BCUT2D eigenvalue weighted by atomic mass is 10.0. The molecule has 2 aliphatic heterocycles. The Balaban J connectivity index is 1.80. The second kappa shape index (κ2) is 4.69. The SMILES string of the molecule is CC1CCCn2c1nc(-c1ccc3c(c1)OCCO3)c2N. The fourth-order valence-electron chi connectivity index (χ4n) is 3.18. The Morgan fingerprint density at radius 3 is 2.86 bits per heavy atom. The Labute approximate surface area is 123 Å². The average molecular weight is 285 g/mol. The number of imidazole rings is 1. The van der Waals surface area contributed by atoms with Crippen molar-refractivity contribution in [2.45, 2.75) is 32.2 Å². The van der Waals surface area contributed by atoms with Crippen LogP contribution in [0.1, 0.15) is 31.5 Å². The number of rotatable bonds is 1. The highest BCUT2D eigenvalue weighted by molar-refractivity contribution is 5.73. The van der Waals surface area contributed by atoms with E-state index in [1.54, 1.807) is 0 Å². The maximum Gasteiger partial charge on any atom is 0.162 e. The smallest absolute Gasteiger partial charge is 0.162 e. The zero-order chi connectivity index (χ0) is 14.4. The third-order valence-corrected chi connectivity index (χ3v) is 4.31. The first-order chi connectivity index (χ1) is 10.2. The number of benzene rings is 1. The van der Waals surface area contributed by atoms with Crippen LogP contribution < -0.4 is 15.2 Å². The van der Waals surface area contributed by atoms with Crippen molar-refractivity contribution in [3.63, 3.8) is 0 Å². The van der Waals surface area contributed by atoms with Crippen molar-refractivity contribution in [1.82, 2.24) is 9.55 Å². The Morgan fingerprint density at radius 2 is 2.05 bits per heavy atom. The molecule has 2 aliphatic rings. The Kier molecular flexibility index (Phi) is 2.80. The van der Waals surface area contributed by atoms with Gasteiger partial charge in [-0.15, -0.1) is 0 Å². The van der Waals surface area contributed by atoms with Crippen LogP contribution in [-0.2, 0) is 6.54 Å². The van der Waals surface area contributed by atoms with Crippen LogP contribution in [0.15, 0.2) is 18.2 Å². The summed E-state index contributed by atoms with van der Waals surface area (Å²) >= 11 is 0. The predicted octanol–water partition coefficient (Wildman–Crippen LogP) is 2.80. The standard InChI is InChI=1S/C16H19N3O2/c1-10-3-2-6-19-15(17)14(18-16(10)19)11-4-5-12-13(9-11)21-8-7-20-12/h4-5,9-10H,2-3,6-8,17H2,1H3. The van der Waals surface area contributed by atoms with E-state index in [0.717, 1.165) is 47.4 Å². The van der Waals surface area contributed by atoms with Crippen molar-refractivity contribution >= 4 is 5.82 Å². The molecule has 0 saturated carbocycles. The fourth-order valence-corrected chi connectivity index (χ4v) is 3.18. The van der Waals surface area contributed by atoms with E-state index in [2.05, 4.69) is 11.5 Å². The number of nitrogens with two attached hydrogens (primary N) is 1. The highest BCUT2D eigenvalue weighted by Crippen LogP contribution is 2.38. The molecular weight excluding hydrogens is 266 g/mol. The van der Waals surface area contributed by atoms with Gasteiger partial charge in [0.15, 0.2) is 11.5 Å². The Bertz CT molecular complexity index is 693. The molecule has 3 heterocycles. The summed E-state index contributed by atoms with van der Waals surface area (Å²) in [7, 11) is 0. The van der Waals surface area contributed by atoms with Gasteiger partial charge in [-0.05, 0) is 31.0 Å². The molecule has 1 aromatic heterocycles. The van der Waals surface area contributed by atoms with E-state index in [-0.39, 0.29) is 0 Å². The summed E-state index contributed by atoms with van der Waals surface area (Å²) in [5, 5.41) is 0. The zero-order valence-electron chi connectivity index (χ0n) is 12.1. The van der Waals surface area contributed by atoms with Gasteiger partial charge in [-0.1, -0.05) is 6.92 Å². The van der Waals surface area contributed by atoms with E-state index in [1.807, 2.05) is 18.2 Å². The second-order valence-electron chi connectivity index (χ2n) is 5.76. The van der Waals surface area contributed by atoms with Gasteiger partial charge in [0.05, 0.1) is 0 Å². The van der Waals surface area contributed by atoms with Crippen LogP contribution in [0.5, 0.6) is 11.5 Å². The molecule has 0 fully saturated rings. The van der Waals surface area contributed by atoms with Gasteiger partial charge in [0.25, 0.3) is 0 Å². The number of anilines is 1. The maximum absolute atomic E-state index is 6.32. The number of ether oxygens (including phenoxy) is 2. The van der Waals surface area contributed by atoms with Crippen LogP contribution in [0.3, 0.4) is 0 Å². The number of fused-ring (bicyclic) bond motifs is 2. The highest BCUT2D eigenvalue weighted by Gasteiger charge is 2.24. The number of aromatic nitrogens is 2. The van der Waals surface area contributed by atoms with Gasteiger partial charge in [-0.3, -0.25) is 0 Å². The van der Waals surface area contributed by atoms with Crippen LogP contribution in [0.4, 0.5) is 5.82 Å². The van der Waals surface area contributed by atoms with E-state index < -0.39 is 0 Å². The van der Waals surface area contributed by atoms with Crippen molar-refractivity contribution in [2.24, 2.45) is 0 Å². The molecule has 110 valence electrons. The highest BCUT2D eigenvalue weighted by atomic mass is 16.6. The molecule has 5 heteroatoms. The van der Waals surface area contributed by atoms with Gasteiger partial charge in [-0.25, -0.2) is 4.98 Å². The summed E-state index contributed by atoms with van der Waals surface area (Å²) in [6.45, 7) is 4.36. The molecule has 4 rings (SSSR count). The van der Waals surface area contributed by atoms with Gasteiger partial charge in [0, 0.05) is 18.0 Å². The molecular formula is C16H19N3O2. The lowest BCUT2D eigenvalue weighted by Gasteiger charge is -2.20. The Hall–Kier alpha value is -2.17. The normalized spacial score (nSPS) is 20.1. The number of nitrogen functional groups attached to an aromatic ring is 1. The van der Waals surface area contributed by atoms with Crippen molar-refractivity contribution in [1.29, 1.82) is 0 Å². The molecule has 1 atom stereocenters. The van der Waals surface area contributed by atoms with Crippen molar-refractivity contribution < 1.29 is 9.47 Å². The lowest BCUT2D eigenvalue weighted by Crippen LogP contribution is -2.15. The number of nitrogens with zero attached hydrogens (tertiary/aromatic N) is 2. The van der Waals surface area contributed by atoms with E-state index in [1.165, 1.54) is 6.42 Å². The summed E-state index contributed by atoms with van der Waals surface area (Å²) in [6.07, 6.45) is 2.34. The van der Waals surface area contributed by atoms with Crippen LogP contribution in [0.25, 0.3) is 11.3 Å². The van der Waals surface area contributed by atoms with E-state index in [4.69, 9.17) is 20.2 Å². The zero-order valence-corrected chi connectivity index (χ0v) is 12.1. The minimum Gasteiger partial charge on any atom is -0.486 e. The average Bonchev–Trinajstić information content (AvgIpc) is 2.86. The molecule has 0 spiro atoms. The first kappa shape index (κ1) is 12.6. The molecule has 1 unspecified atom stereocenters. The van der Waals surface area contributed by atoms with Gasteiger partial charge in [0.2, 0.25) is 0 Å². The molecule has 21 heavy (non-hydrogen) atoms. The first-order valence-corrected chi connectivity index (χ1v) is 7.50. The summed E-state index contributed by atoms with van der Waals surface area (Å²) in [4.78, 5) is 4.79. The summed E-state index contributed by atoms with van der Waals surface area (Å²) in [5.74, 6) is 3.89. The minimum atomic E-state index is 0.465. The van der Waals surface area contributed by atoms with Crippen LogP contribution in [-0.4, -0.2) is 22.8 Å². The quantitative estimate of drug-likeness (QED) is 0.875. The first-order valence-electron chi connectivity index (χ1n) is 7.50. The minimum absolute atomic E-state index is 0.465. The number of hydrogen-bond acceptors (Lipinski definition) is 4. The van der Waals surface area contributed by atoms with Gasteiger partial charge in [-0.2, -0.15) is 0 Å². The largest absolute Gasteiger partial charge is 0.486 e. The number of hydrogen-bond donors (Lipinski definition) is 1. The van der Waals surface area contributed by atoms with Gasteiger partial charge >= 0.3 is 0 Å². The predicted molar refractivity (Wildman–Crippen MR) is 80.7 cm³/mol. The molecule has 2 aromatic rings. The molecule has 0 radical (unpaired) electrons. The summed E-state index contributed by atoms with van der Waals surface area (Å²) in [5.41, 5.74) is 8.17. The molecule has 0 bridgehead atoms. The van der Waals surface area contributed by atoms with E-state index >= 15 is 0 Å². The van der Waals surface area contributed by atoms with Crippen molar-refractivity contribution in [2.75, 3.05) is 18.9 Å². The van der Waals surface area contributed by atoms with Crippen LogP contribution in [0, 0.1) is 0 Å². The van der Waals surface area contributed by atoms with E-state index in [9.17, 15) is 0 Å². The lowest BCUT2D eigenvalue weighted by molar-refractivity contribution is 0.171. The van der Waals surface area contributed by atoms with Crippen LogP contribution in [0.2, 0.25) is 0 Å². The second-order valence-corrected chi connectivity index (χ2v) is 5.76. The van der Waals surface area contributed by atoms with Crippen molar-refractivity contribution in [3.05, 3.63) is 24.0 Å². The monoisotopic (exact) mass is 285 g/mol. The van der Waals surface area contributed by atoms with Gasteiger partial charge < -0.3 is 19.8 Å². The molecule has 0 aliphatic carbocycles. The summed E-state index contributed by atoms with van der Waals surface area (Å²) < 4.78 is 13.4. The Morgan fingerprint density at radius 1 is 1.24 bits per heavy atom. The third kappa shape index (κ3) is 1.95. The molecule has 5 nitrogen and oxygen atoms in total. The molecule has 0 saturated heterocycles.